The van der Waals surface area contributed by atoms with E-state index >= 15 is 0 Å². The Morgan fingerprint density at radius 2 is 2.12 bits per heavy atom. The molecule has 2 heterocycles. The van der Waals surface area contributed by atoms with Crippen molar-refractivity contribution in [1.82, 2.24) is 14.5 Å². The number of hydrogen-bond acceptors (Lipinski definition) is 4. The molecule has 0 unspecified atom stereocenters. The quantitative estimate of drug-likeness (QED) is 0.798. The van der Waals surface area contributed by atoms with Crippen LogP contribution in [-0.2, 0) is 11.3 Å². The summed E-state index contributed by atoms with van der Waals surface area (Å²) in [5.41, 5.74) is 6.24. The van der Waals surface area contributed by atoms with Crippen molar-refractivity contribution in [2.45, 2.75) is 11.7 Å². The number of nitrogens with zero attached hydrogens (tertiary/aromatic N) is 3. The van der Waals surface area contributed by atoms with Gasteiger partial charge in [0.1, 0.15) is 0 Å². The van der Waals surface area contributed by atoms with Crippen LogP contribution in [0.15, 0.2) is 42.1 Å². The molecule has 0 spiro atoms. The van der Waals surface area contributed by atoms with Gasteiger partial charge in [0.05, 0.1) is 5.75 Å². The molecule has 0 radical (unpaired) electrons. The Morgan fingerprint density at radius 3 is 2.82 bits per heavy atom. The number of amides is 1. The van der Waals surface area contributed by atoms with Crippen LogP contribution in [0.1, 0.15) is 5.56 Å². The molecule has 0 aliphatic rings. The molecule has 0 saturated heterocycles. The summed E-state index contributed by atoms with van der Waals surface area (Å²) >= 11 is 1.34. The van der Waals surface area contributed by atoms with Crippen LogP contribution in [-0.4, -0.2) is 26.2 Å². The van der Waals surface area contributed by atoms with Crippen LogP contribution in [0.25, 0.3) is 0 Å². The number of imidazole rings is 1. The van der Waals surface area contributed by atoms with Crippen molar-refractivity contribution in [2.75, 3.05) is 5.75 Å². The zero-order valence-corrected chi connectivity index (χ0v) is 9.93. The van der Waals surface area contributed by atoms with Crippen LogP contribution in [0.3, 0.4) is 0 Å². The summed E-state index contributed by atoms with van der Waals surface area (Å²) in [6, 6.07) is 3.89. The number of carbonyl (C=O) groups excluding carboxylic acids is 1. The fourth-order valence-corrected chi connectivity index (χ4v) is 2.07. The van der Waals surface area contributed by atoms with Crippen LogP contribution in [0.4, 0.5) is 0 Å². The highest BCUT2D eigenvalue weighted by atomic mass is 32.2. The molecule has 0 bridgehead atoms. The molecule has 5 nitrogen and oxygen atoms in total. The minimum atomic E-state index is -0.339. The smallest absolute Gasteiger partial charge is 0.227 e. The van der Waals surface area contributed by atoms with Gasteiger partial charge in [-0.1, -0.05) is 11.8 Å². The summed E-state index contributed by atoms with van der Waals surface area (Å²) in [6.45, 7) is 0.712. The topological polar surface area (TPSA) is 73.8 Å². The first-order chi connectivity index (χ1) is 8.25. The highest BCUT2D eigenvalue weighted by Crippen LogP contribution is 2.16. The highest BCUT2D eigenvalue weighted by molar-refractivity contribution is 7.99. The molecular formula is C11H12N4OS. The largest absolute Gasteiger partial charge is 0.369 e. The van der Waals surface area contributed by atoms with E-state index in [1.807, 2.05) is 22.9 Å². The number of carbonyl (C=O) groups is 1. The zero-order valence-electron chi connectivity index (χ0n) is 9.11. The second-order valence-corrected chi connectivity index (χ2v) is 4.39. The standard InChI is InChI=1S/C11H12N4OS/c12-10(16)8-17-11-14-5-6-15(11)7-9-1-3-13-4-2-9/h1-6H,7-8H2,(H2,12,16). The van der Waals surface area contributed by atoms with E-state index in [9.17, 15) is 4.79 Å². The van der Waals surface area contributed by atoms with Crippen molar-refractivity contribution in [3.05, 3.63) is 42.5 Å². The van der Waals surface area contributed by atoms with Crippen molar-refractivity contribution in [1.29, 1.82) is 0 Å². The van der Waals surface area contributed by atoms with Gasteiger partial charge in [-0.05, 0) is 17.7 Å². The van der Waals surface area contributed by atoms with E-state index in [0.29, 0.717) is 6.54 Å². The third kappa shape index (κ3) is 3.32. The molecule has 17 heavy (non-hydrogen) atoms. The van der Waals surface area contributed by atoms with Crippen LogP contribution in [0, 0.1) is 0 Å². The fourth-order valence-electron chi connectivity index (χ4n) is 1.38. The maximum absolute atomic E-state index is 10.7. The molecule has 0 aliphatic heterocycles. The van der Waals surface area contributed by atoms with E-state index in [-0.39, 0.29) is 11.7 Å². The molecule has 2 N–H and O–H groups in total. The van der Waals surface area contributed by atoms with E-state index in [2.05, 4.69) is 9.97 Å². The van der Waals surface area contributed by atoms with E-state index in [4.69, 9.17) is 5.73 Å². The summed E-state index contributed by atoms with van der Waals surface area (Å²) < 4.78 is 1.98. The van der Waals surface area contributed by atoms with E-state index in [0.717, 1.165) is 10.7 Å². The first kappa shape index (κ1) is 11.7. The number of rotatable bonds is 5. The number of primary amides is 1. The summed E-state index contributed by atoms with van der Waals surface area (Å²) in [7, 11) is 0. The predicted molar refractivity (Wildman–Crippen MR) is 65.5 cm³/mol. The van der Waals surface area contributed by atoms with Gasteiger partial charge in [0.2, 0.25) is 5.91 Å². The van der Waals surface area contributed by atoms with Crippen molar-refractivity contribution in [3.8, 4) is 0 Å². The van der Waals surface area contributed by atoms with Crippen molar-refractivity contribution < 1.29 is 4.79 Å². The molecule has 6 heteroatoms. The van der Waals surface area contributed by atoms with Crippen LogP contribution < -0.4 is 5.73 Å². The minimum absolute atomic E-state index is 0.243. The lowest BCUT2D eigenvalue weighted by atomic mass is 10.3. The number of pyridine rings is 1. The maximum atomic E-state index is 10.7. The molecule has 2 aromatic rings. The second-order valence-electron chi connectivity index (χ2n) is 3.45. The molecule has 0 fully saturated rings. The van der Waals surface area contributed by atoms with Crippen molar-refractivity contribution in [3.63, 3.8) is 0 Å². The van der Waals surface area contributed by atoms with Crippen LogP contribution in [0.5, 0.6) is 0 Å². The highest BCUT2D eigenvalue weighted by Gasteiger charge is 2.05. The number of nitrogens with two attached hydrogens (primary N) is 1. The van der Waals surface area contributed by atoms with E-state index in [1.165, 1.54) is 11.8 Å². The molecule has 0 aromatic carbocycles. The first-order valence-electron chi connectivity index (χ1n) is 5.07. The van der Waals surface area contributed by atoms with Crippen LogP contribution in [0.2, 0.25) is 0 Å². The second kappa shape index (κ2) is 5.49. The Balaban J connectivity index is 2.06. The average Bonchev–Trinajstić information content (AvgIpc) is 2.75. The zero-order chi connectivity index (χ0) is 12.1. The average molecular weight is 248 g/mol. The lowest BCUT2D eigenvalue weighted by Gasteiger charge is -2.06. The molecule has 0 saturated carbocycles. The summed E-state index contributed by atoms with van der Waals surface area (Å²) in [4.78, 5) is 18.9. The molecule has 1 amide bonds. The van der Waals surface area contributed by atoms with Gasteiger partial charge in [-0.3, -0.25) is 9.78 Å². The first-order valence-corrected chi connectivity index (χ1v) is 6.05. The van der Waals surface area contributed by atoms with E-state index < -0.39 is 0 Å². The van der Waals surface area contributed by atoms with Crippen molar-refractivity contribution >= 4 is 17.7 Å². The molecule has 88 valence electrons. The third-order valence-corrected chi connectivity index (χ3v) is 3.15. The molecule has 0 aliphatic carbocycles. The van der Waals surface area contributed by atoms with Gasteiger partial charge in [-0.2, -0.15) is 0 Å². The van der Waals surface area contributed by atoms with Crippen LogP contribution >= 0.6 is 11.8 Å². The molecule has 2 aromatic heterocycles. The Labute approximate surface area is 103 Å². The van der Waals surface area contributed by atoms with Gasteiger partial charge in [0.15, 0.2) is 5.16 Å². The summed E-state index contributed by atoms with van der Waals surface area (Å²) in [5, 5.41) is 0.792. The molecule has 2 rings (SSSR count). The Morgan fingerprint density at radius 1 is 1.35 bits per heavy atom. The van der Waals surface area contributed by atoms with Gasteiger partial charge < -0.3 is 10.3 Å². The number of hydrogen-bond donors (Lipinski definition) is 1. The summed E-state index contributed by atoms with van der Waals surface area (Å²) in [5.74, 6) is -0.0960. The van der Waals surface area contributed by atoms with Gasteiger partial charge in [0, 0.05) is 31.3 Å². The summed E-state index contributed by atoms with van der Waals surface area (Å²) in [6.07, 6.45) is 7.10. The third-order valence-electron chi connectivity index (χ3n) is 2.12. The minimum Gasteiger partial charge on any atom is -0.369 e. The maximum Gasteiger partial charge on any atom is 0.227 e. The van der Waals surface area contributed by atoms with Gasteiger partial charge >= 0.3 is 0 Å². The SMILES string of the molecule is NC(=O)CSc1nccn1Cc1ccncc1. The Kier molecular flexibility index (Phi) is 3.77. The Bertz CT molecular complexity index is 497. The Hall–Kier alpha value is -1.82. The van der Waals surface area contributed by atoms with Gasteiger partial charge in [-0.15, -0.1) is 0 Å². The van der Waals surface area contributed by atoms with Gasteiger partial charge in [0.25, 0.3) is 0 Å². The lowest BCUT2D eigenvalue weighted by molar-refractivity contribution is -0.115. The lowest BCUT2D eigenvalue weighted by Crippen LogP contribution is -2.13. The van der Waals surface area contributed by atoms with E-state index in [1.54, 1.807) is 18.6 Å². The monoisotopic (exact) mass is 248 g/mol. The molecular weight excluding hydrogens is 236 g/mol. The van der Waals surface area contributed by atoms with Gasteiger partial charge in [-0.25, -0.2) is 4.98 Å². The normalized spacial score (nSPS) is 10.4. The predicted octanol–water partition coefficient (Wildman–Crippen LogP) is 0.904. The fraction of sp³-hybridized carbons (Fsp3) is 0.182. The van der Waals surface area contributed by atoms with Crippen molar-refractivity contribution in [2.24, 2.45) is 5.73 Å². The molecule has 0 atom stereocenters. The number of thioether (sulfide) groups is 1. The number of aromatic nitrogens is 3.